The summed E-state index contributed by atoms with van der Waals surface area (Å²) in [5, 5.41) is 21.5. The Morgan fingerprint density at radius 2 is 1.93 bits per heavy atom. The van der Waals surface area contributed by atoms with E-state index in [9.17, 15) is 10.1 Å². The lowest BCUT2D eigenvalue weighted by Gasteiger charge is -2.00. The number of hydrogen-bond donors (Lipinski definition) is 1. The zero-order valence-electron chi connectivity index (χ0n) is 14.3. The Morgan fingerprint density at radius 1 is 1.14 bits per heavy atom. The zero-order valence-corrected chi connectivity index (χ0v) is 15.2. The molecule has 28 heavy (non-hydrogen) atoms. The number of hydrogen-bond acceptors (Lipinski definition) is 8. The van der Waals surface area contributed by atoms with Crippen LogP contribution in [0.15, 0.2) is 71.7 Å². The Balaban J connectivity index is 1.39. The highest BCUT2D eigenvalue weighted by atomic mass is 32.1. The van der Waals surface area contributed by atoms with Crippen LogP contribution in [0.2, 0.25) is 0 Å². The molecular weight excluding hydrogens is 378 g/mol. The van der Waals surface area contributed by atoms with Crippen LogP contribution in [-0.4, -0.2) is 30.9 Å². The highest BCUT2D eigenvalue weighted by molar-refractivity contribution is 7.14. The predicted molar refractivity (Wildman–Crippen MR) is 107 cm³/mol. The maximum atomic E-state index is 10.7. The Labute approximate surface area is 163 Å². The summed E-state index contributed by atoms with van der Waals surface area (Å²) in [7, 11) is 0. The first-order chi connectivity index (χ1) is 13.7. The normalized spacial score (nSPS) is 11.0. The Bertz CT molecular complexity index is 1100. The number of nitro groups is 1. The van der Waals surface area contributed by atoms with Crippen LogP contribution in [-0.2, 0) is 0 Å². The first kappa shape index (κ1) is 17.5. The first-order valence-electron chi connectivity index (χ1n) is 8.13. The van der Waals surface area contributed by atoms with Crippen molar-refractivity contribution in [1.82, 2.24) is 19.7 Å². The Kier molecular flexibility index (Phi) is 4.85. The molecule has 0 unspecified atom stereocenters. The van der Waals surface area contributed by atoms with Crippen molar-refractivity contribution in [2.24, 2.45) is 5.10 Å². The summed E-state index contributed by atoms with van der Waals surface area (Å²) in [6, 6.07) is 14.0. The molecule has 0 aliphatic heterocycles. The molecule has 9 nitrogen and oxygen atoms in total. The van der Waals surface area contributed by atoms with Gasteiger partial charge in [-0.2, -0.15) is 10.2 Å². The van der Waals surface area contributed by atoms with E-state index >= 15 is 0 Å². The molecule has 0 aliphatic rings. The van der Waals surface area contributed by atoms with Gasteiger partial charge in [0.2, 0.25) is 5.13 Å². The van der Waals surface area contributed by atoms with Gasteiger partial charge in [0.05, 0.1) is 22.5 Å². The molecule has 10 heteroatoms. The minimum Gasteiger partial charge on any atom is -0.258 e. The number of aromatic nitrogens is 4. The van der Waals surface area contributed by atoms with Crippen LogP contribution in [0.3, 0.4) is 0 Å². The van der Waals surface area contributed by atoms with Crippen LogP contribution in [0, 0.1) is 10.1 Å². The van der Waals surface area contributed by atoms with Crippen LogP contribution in [0.5, 0.6) is 0 Å². The lowest BCUT2D eigenvalue weighted by molar-refractivity contribution is -0.384. The maximum absolute atomic E-state index is 10.7. The molecule has 4 rings (SSSR count). The van der Waals surface area contributed by atoms with Crippen LogP contribution in [0.25, 0.3) is 16.9 Å². The second kappa shape index (κ2) is 7.76. The van der Waals surface area contributed by atoms with Gasteiger partial charge in [0, 0.05) is 23.1 Å². The number of nitrogens with zero attached hydrogens (tertiary/aromatic N) is 6. The molecule has 0 amide bonds. The molecule has 1 N–H and O–H groups in total. The van der Waals surface area contributed by atoms with Gasteiger partial charge >= 0.3 is 0 Å². The molecule has 0 saturated heterocycles. The maximum Gasteiger partial charge on any atom is 0.269 e. The van der Waals surface area contributed by atoms with E-state index < -0.39 is 4.92 Å². The quantitative estimate of drug-likeness (QED) is 0.304. The van der Waals surface area contributed by atoms with E-state index in [1.54, 1.807) is 29.4 Å². The van der Waals surface area contributed by atoms with Gasteiger partial charge in [0.1, 0.15) is 12.7 Å². The van der Waals surface area contributed by atoms with Gasteiger partial charge in [-0.1, -0.05) is 12.1 Å². The minimum atomic E-state index is -0.426. The van der Waals surface area contributed by atoms with Gasteiger partial charge < -0.3 is 0 Å². The number of nitrogens with one attached hydrogen (secondary N) is 1. The summed E-state index contributed by atoms with van der Waals surface area (Å²) in [6.45, 7) is 0. The van der Waals surface area contributed by atoms with Crippen molar-refractivity contribution in [3.05, 3.63) is 82.2 Å². The second-order valence-corrected chi connectivity index (χ2v) is 6.50. The molecule has 0 spiro atoms. The first-order valence-corrected chi connectivity index (χ1v) is 9.01. The van der Waals surface area contributed by atoms with Gasteiger partial charge in [-0.3, -0.25) is 15.5 Å². The molecule has 2 aromatic carbocycles. The number of non-ortho nitro benzene ring substituents is 1. The number of thiazole rings is 1. The van der Waals surface area contributed by atoms with Gasteiger partial charge in [-0.05, 0) is 29.8 Å². The molecule has 0 radical (unpaired) electrons. The van der Waals surface area contributed by atoms with E-state index in [0.29, 0.717) is 5.13 Å². The van der Waals surface area contributed by atoms with Crippen molar-refractivity contribution in [3.8, 4) is 16.9 Å². The average Bonchev–Trinajstić information content (AvgIpc) is 3.41. The molecule has 2 aromatic heterocycles. The smallest absolute Gasteiger partial charge is 0.258 e. The van der Waals surface area contributed by atoms with Crippen LogP contribution >= 0.6 is 11.3 Å². The fourth-order valence-electron chi connectivity index (χ4n) is 2.43. The Morgan fingerprint density at radius 3 is 2.61 bits per heavy atom. The summed E-state index contributed by atoms with van der Waals surface area (Å²) in [5.74, 6) is 0. The third-order valence-corrected chi connectivity index (χ3v) is 4.58. The van der Waals surface area contributed by atoms with E-state index in [1.165, 1.54) is 29.8 Å². The van der Waals surface area contributed by atoms with Gasteiger partial charge in [0.15, 0.2) is 0 Å². The van der Waals surface area contributed by atoms with E-state index in [1.807, 2.05) is 29.6 Å². The molecule has 4 aromatic rings. The third-order valence-electron chi connectivity index (χ3n) is 3.83. The van der Waals surface area contributed by atoms with Crippen molar-refractivity contribution in [2.45, 2.75) is 0 Å². The second-order valence-electron chi connectivity index (χ2n) is 5.64. The molecule has 0 aliphatic carbocycles. The van der Waals surface area contributed by atoms with Crippen molar-refractivity contribution in [3.63, 3.8) is 0 Å². The summed E-state index contributed by atoms with van der Waals surface area (Å²) < 4.78 is 1.68. The Hall–Kier alpha value is -3.92. The SMILES string of the molecule is O=[N+]([O-])c1ccc(-c2csc(N/N=C/c3ccc(-n4cncn4)cc3)n2)cc1. The van der Waals surface area contributed by atoms with E-state index in [-0.39, 0.29) is 5.69 Å². The van der Waals surface area contributed by atoms with E-state index in [4.69, 9.17) is 0 Å². The predicted octanol–water partition coefficient (Wildman–Crippen LogP) is 3.75. The molecule has 0 fully saturated rings. The van der Waals surface area contributed by atoms with Crippen LogP contribution < -0.4 is 5.43 Å². The number of hydrazone groups is 1. The van der Waals surface area contributed by atoms with Crippen molar-refractivity contribution < 1.29 is 4.92 Å². The average molecular weight is 391 g/mol. The summed E-state index contributed by atoms with van der Waals surface area (Å²) >= 11 is 1.40. The highest BCUT2D eigenvalue weighted by Gasteiger charge is 2.08. The fourth-order valence-corrected chi connectivity index (χ4v) is 3.10. The summed E-state index contributed by atoms with van der Waals surface area (Å²) in [6.07, 6.45) is 4.81. The van der Waals surface area contributed by atoms with Crippen LogP contribution in [0.4, 0.5) is 10.8 Å². The molecular formula is C18H13N7O2S. The third kappa shape index (κ3) is 3.91. The fraction of sp³-hybridized carbons (Fsp3) is 0. The molecule has 0 bridgehead atoms. The van der Waals surface area contributed by atoms with Gasteiger partial charge in [-0.25, -0.2) is 14.6 Å². The molecule has 0 saturated carbocycles. The van der Waals surface area contributed by atoms with Crippen molar-refractivity contribution >= 4 is 28.4 Å². The number of rotatable bonds is 6. The van der Waals surface area contributed by atoms with Gasteiger partial charge in [-0.15, -0.1) is 11.3 Å². The standard InChI is InChI=1S/C18H13N7O2S/c26-25(27)16-7-3-14(4-8-16)17-10-28-18(22-17)23-20-9-13-1-5-15(6-2-13)24-12-19-11-21-24/h1-12H,(H,22,23)/b20-9+. The van der Waals surface area contributed by atoms with E-state index in [0.717, 1.165) is 22.5 Å². The van der Waals surface area contributed by atoms with Crippen LogP contribution in [0.1, 0.15) is 5.56 Å². The minimum absolute atomic E-state index is 0.0526. The van der Waals surface area contributed by atoms with Crippen molar-refractivity contribution in [1.29, 1.82) is 0 Å². The number of anilines is 1. The largest absolute Gasteiger partial charge is 0.269 e. The molecule has 138 valence electrons. The number of benzene rings is 2. The highest BCUT2D eigenvalue weighted by Crippen LogP contribution is 2.26. The molecule has 2 heterocycles. The number of nitro benzene ring substituents is 1. The van der Waals surface area contributed by atoms with Crippen molar-refractivity contribution in [2.75, 3.05) is 5.43 Å². The van der Waals surface area contributed by atoms with Gasteiger partial charge in [0.25, 0.3) is 5.69 Å². The van der Waals surface area contributed by atoms with E-state index in [2.05, 4.69) is 25.6 Å². The zero-order chi connectivity index (χ0) is 19.3. The lowest BCUT2D eigenvalue weighted by Crippen LogP contribution is -1.95. The monoisotopic (exact) mass is 391 g/mol. The lowest BCUT2D eigenvalue weighted by atomic mass is 10.1. The molecule has 0 atom stereocenters. The summed E-state index contributed by atoms with van der Waals surface area (Å²) in [4.78, 5) is 18.7. The summed E-state index contributed by atoms with van der Waals surface area (Å²) in [5.41, 5.74) is 6.32. The topological polar surface area (TPSA) is 111 Å².